The van der Waals surface area contributed by atoms with Crippen LogP contribution < -0.4 is 0 Å². The molecular weight excluding hydrogens is 368 g/mol. The number of methoxy groups -OCH3 is 1. The molecule has 5 heteroatoms. The first-order chi connectivity index (χ1) is 13.8. The van der Waals surface area contributed by atoms with Gasteiger partial charge in [-0.2, -0.15) is 0 Å². The molecule has 0 N–H and O–H groups in total. The number of hydrogen-bond donors (Lipinski definition) is 0. The molecule has 5 nitrogen and oxygen atoms in total. The van der Waals surface area contributed by atoms with Gasteiger partial charge >= 0.3 is 5.97 Å². The summed E-state index contributed by atoms with van der Waals surface area (Å²) in [6.07, 6.45) is 10.1. The van der Waals surface area contributed by atoms with Gasteiger partial charge in [-0.15, -0.1) is 0 Å². The summed E-state index contributed by atoms with van der Waals surface area (Å²) < 4.78 is 16.8. The lowest BCUT2D eigenvalue weighted by molar-refractivity contribution is -0.185. The Morgan fingerprint density at radius 3 is 2.66 bits per heavy atom. The van der Waals surface area contributed by atoms with Crippen molar-refractivity contribution in [3.05, 3.63) is 23.3 Å². The minimum absolute atomic E-state index is 0.0804. The third-order valence-electron chi connectivity index (χ3n) is 8.96. The van der Waals surface area contributed by atoms with E-state index in [-0.39, 0.29) is 22.7 Å². The Hall–Kier alpha value is -1.46. The second kappa shape index (κ2) is 6.52. The highest BCUT2D eigenvalue weighted by atomic mass is 16.7. The van der Waals surface area contributed by atoms with E-state index in [0.29, 0.717) is 37.3 Å². The van der Waals surface area contributed by atoms with E-state index in [1.54, 1.807) is 6.08 Å². The van der Waals surface area contributed by atoms with Gasteiger partial charge in [0.15, 0.2) is 5.79 Å². The maximum Gasteiger partial charge on any atom is 0.330 e. The number of hydrogen-bond acceptors (Lipinski definition) is 5. The Kier molecular flexibility index (Phi) is 4.38. The van der Waals surface area contributed by atoms with Crippen LogP contribution in [0, 0.1) is 28.6 Å². The Balaban J connectivity index is 1.48. The Labute approximate surface area is 172 Å². The number of rotatable bonds is 1. The number of allylic oxidation sites excluding steroid dienone is 2. The maximum atomic E-state index is 13.6. The van der Waals surface area contributed by atoms with Gasteiger partial charge in [-0.1, -0.05) is 31.1 Å². The maximum absolute atomic E-state index is 13.6. The van der Waals surface area contributed by atoms with E-state index >= 15 is 0 Å². The zero-order valence-electron chi connectivity index (χ0n) is 17.8. The summed E-state index contributed by atoms with van der Waals surface area (Å²) >= 11 is 0. The van der Waals surface area contributed by atoms with Crippen molar-refractivity contribution in [2.24, 2.45) is 28.6 Å². The monoisotopic (exact) mass is 400 g/mol. The SMILES string of the molecule is COC(=O)/C=C1/CC[C@H]2[C@@H]3CC=C4CC5(CC[C@]4(C)[C@H]3C(=O)C[C@]12C)OCCO5. The number of ketones is 1. The molecule has 0 aromatic carbocycles. The number of carbonyl (C=O) groups is 2. The van der Waals surface area contributed by atoms with Crippen LogP contribution >= 0.6 is 0 Å². The first-order valence-electron chi connectivity index (χ1n) is 11.1. The van der Waals surface area contributed by atoms with Crippen molar-refractivity contribution >= 4 is 11.8 Å². The number of fused-ring (bicyclic) bond motifs is 5. The van der Waals surface area contributed by atoms with Crippen molar-refractivity contribution in [1.29, 1.82) is 0 Å². The van der Waals surface area contributed by atoms with E-state index in [2.05, 4.69) is 19.9 Å². The molecule has 0 aromatic heterocycles. The fourth-order valence-corrected chi connectivity index (χ4v) is 7.47. The zero-order valence-corrected chi connectivity index (χ0v) is 17.8. The molecule has 1 spiro atoms. The molecule has 3 saturated carbocycles. The quantitative estimate of drug-likeness (QED) is 0.379. The van der Waals surface area contributed by atoms with Crippen LogP contribution in [-0.4, -0.2) is 37.9 Å². The van der Waals surface area contributed by atoms with E-state index in [9.17, 15) is 9.59 Å². The van der Waals surface area contributed by atoms with Gasteiger partial charge in [0.25, 0.3) is 0 Å². The fourth-order valence-electron chi connectivity index (χ4n) is 7.47. The van der Waals surface area contributed by atoms with Gasteiger partial charge in [0, 0.05) is 31.3 Å². The largest absolute Gasteiger partial charge is 0.466 e. The minimum Gasteiger partial charge on any atom is -0.466 e. The van der Waals surface area contributed by atoms with Crippen LogP contribution in [0.15, 0.2) is 23.3 Å². The molecule has 5 rings (SSSR count). The third kappa shape index (κ3) is 2.73. The van der Waals surface area contributed by atoms with E-state index in [4.69, 9.17) is 14.2 Å². The molecular formula is C24H32O5. The van der Waals surface area contributed by atoms with Crippen molar-refractivity contribution in [3.63, 3.8) is 0 Å². The molecule has 1 aliphatic heterocycles. The van der Waals surface area contributed by atoms with Crippen LogP contribution in [0.25, 0.3) is 0 Å². The van der Waals surface area contributed by atoms with Gasteiger partial charge in [-0.05, 0) is 48.3 Å². The summed E-state index contributed by atoms with van der Waals surface area (Å²) in [5.41, 5.74) is 2.18. The van der Waals surface area contributed by atoms with Crippen LogP contribution in [0.3, 0.4) is 0 Å². The number of ether oxygens (including phenoxy) is 3. The van der Waals surface area contributed by atoms with Gasteiger partial charge in [-0.25, -0.2) is 4.79 Å². The molecule has 5 atom stereocenters. The normalized spacial score (nSPS) is 44.2. The lowest BCUT2D eigenvalue weighted by Crippen LogP contribution is -2.55. The van der Waals surface area contributed by atoms with Crippen molar-refractivity contribution < 1.29 is 23.8 Å². The van der Waals surface area contributed by atoms with Crippen molar-refractivity contribution in [2.75, 3.05) is 20.3 Å². The van der Waals surface area contributed by atoms with Crippen LogP contribution in [0.4, 0.5) is 0 Å². The molecule has 0 amide bonds. The fraction of sp³-hybridized carbons (Fsp3) is 0.750. The first kappa shape index (κ1) is 19.5. The minimum atomic E-state index is -0.450. The predicted molar refractivity (Wildman–Crippen MR) is 107 cm³/mol. The Morgan fingerprint density at radius 2 is 1.93 bits per heavy atom. The second-order valence-corrected chi connectivity index (χ2v) is 10.2. The predicted octanol–water partition coefficient (Wildman–Crippen LogP) is 3.97. The molecule has 4 aliphatic carbocycles. The van der Waals surface area contributed by atoms with Crippen LogP contribution in [0.5, 0.6) is 0 Å². The highest BCUT2D eigenvalue weighted by molar-refractivity contribution is 5.87. The second-order valence-electron chi connectivity index (χ2n) is 10.2. The van der Waals surface area contributed by atoms with Crippen molar-refractivity contribution in [3.8, 4) is 0 Å². The van der Waals surface area contributed by atoms with Crippen LogP contribution in [0.2, 0.25) is 0 Å². The van der Waals surface area contributed by atoms with Gasteiger partial charge in [-0.3, -0.25) is 4.79 Å². The Morgan fingerprint density at radius 1 is 1.17 bits per heavy atom. The molecule has 1 heterocycles. The number of carbonyl (C=O) groups excluding carboxylic acids is 2. The third-order valence-corrected chi connectivity index (χ3v) is 8.96. The van der Waals surface area contributed by atoms with E-state index < -0.39 is 5.79 Å². The molecule has 1 saturated heterocycles. The molecule has 0 bridgehead atoms. The summed E-state index contributed by atoms with van der Waals surface area (Å²) in [4.78, 5) is 25.5. The molecule has 4 fully saturated rings. The summed E-state index contributed by atoms with van der Waals surface area (Å²) in [5, 5.41) is 0. The van der Waals surface area contributed by atoms with Gasteiger partial charge in [0.2, 0.25) is 0 Å². The summed E-state index contributed by atoms with van der Waals surface area (Å²) in [6.45, 7) is 5.85. The van der Waals surface area contributed by atoms with Crippen LogP contribution in [0.1, 0.15) is 58.8 Å². The zero-order chi connectivity index (χ0) is 20.4. The number of esters is 1. The lowest BCUT2D eigenvalue weighted by Gasteiger charge is -2.57. The average Bonchev–Trinajstić information content (AvgIpc) is 3.27. The average molecular weight is 401 g/mol. The standard InChI is InChI=1S/C24H32O5/c1-22-8-9-24(28-10-11-29-24)13-16(22)4-6-17-18-7-5-15(12-20(26)27-3)23(18,2)14-19(25)21(17)22/h4,12,17-18,21H,5-11,13-14H2,1-3H3/b15-12-/t17-,18-,21+,22-,23+/m0/s1. The Bertz CT molecular complexity index is 804. The molecule has 0 aromatic rings. The summed E-state index contributed by atoms with van der Waals surface area (Å²) in [5.74, 6) is 0.515. The first-order valence-corrected chi connectivity index (χ1v) is 11.1. The van der Waals surface area contributed by atoms with Crippen molar-refractivity contribution in [1.82, 2.24) is 0 Å². The topological polar surface area (TPSA) is 61.8 Å². The number of Topliss-reactive ketones (excluding diaryl/α,β-unsaturated/α-hetero) is 1. The van der Waals surface area contributed by atoms with Gasteiger partial charge in [0.05, 0.1) is 20.3 Å². The van der Waals surface area contributed by atoms with E-state index in [0.717, 1.165) is 44.1 Å². The highest BCUT2D eigenvalue weighted by Crippen LogP contribution is 2.66. The highest BCUT2D eigenvalue weighted by Gasteiger charge is 2.62. The summed E-state index contributed by atoms with van der Waals surface area (Å²) in [6, 6.07) is 0. The van der Waals surface area contributed by atoms with E-state index in [1.807, 2.05) is 0 Å². The molecule has 29 heavy (non-hydrogen) atoms. The van der Waals surface area contributed by atoms with Gasteiger partial charge in [0.1, 0.15) is 5.78 Å². The molecule has 158 valence electrons. The lowest BCUT2D eigenvalue weighted by atomic mass is 9.47. The smallest absolute Gasteiger partial charge is 0.330 e. The van der Waals surface area contributed by atoms with Crippen LogP contribution in [-0.2, 0) is 23.8 Å². The molecule has 5 aliphatic rings. The van der Waals surface area contributed by atoms with Gasteiger partial charge < -0.3 is 14.2 Å². The molecule has 0 radical (unpaired) electrons. The van der Waals surface area contributed by atoms with Crippen molar-refractivity contribution in [2.45, 2.75) is 64.6 Å². The summed E-state index contributed by atoms with van der Waals surface area (Å²) in [7, 11) is 1.41. The molecule has 0 unspecified atom stereocenters. The van der Waals surface area contributed by atoms with E-state index in [1.165, 1.54) is 12.7 Å².